The van der Waals surface area contributed by atoms with Crippen LogP contribution >= 0.6 is 0 Å². The number of carbonyl (C=O) groups excluding carboxylic acids is 1. The summed E-state index contributed by atoms with van der Waals surface area (Å²) in [5.74, 6) is 1.01. The van der Waals surface area contributed by atoms with Crippen molar-refractivity contribution in [1.29, 1.82) is 0 Å². The smallest absolute Gasteiger partial charge is 0.261 e. The summed E-state index contributed by atoms with van der Waals surface area (Å²) < 4.78 is 38.3. The summed E-state index contributed by atoms with van der Waals surface area (Å²) >= 11 is 0. The maximum atomic E-state index is 12.7. The number of carbonyl (C=O) groups is 1. The quantitative estimate of drug-likeness (QED) is 0.567. The van der Waals surface area contributed by atoms with Gasteiger partial charge in [-0.3, -0.25) is 4.79 Å². The van der Waals surface area contributed by atoms with Crippen LogP contribution in [0.2, 0.25) is 0 Å². The molecule has 168 valence electrons. The van der Waals surface area contributed by atoms with Gasteiger partial charge in [0.25, 0.3) is 5.91 Å². The van der Waals surface area contributed by atoms with Gasteiger partial charge in [-0.2, -0.15) is 4.31 Å². The summed E-state index contributed by atoms with van der Waals surface area (Å²) in [5.41, 5.74) is 0. The number of hydrogen-bond donors (Lipinski definition) is 1. The molecule has 1 N–H and O–H groups in total. The Labute approximate surface area is 184 Å². The van der Waals surface area contributed by atoms with Gasteiger partial charge in [0.15, 0.2) is 6.10 Å². The number of ether oxygens (including phenoxy) is 2. The minimum absolute atomic E-state index is 0.196. The first-order valence-electron chi connectivity index (χ1n) is 10.7. The highest BCUT2D eigenvalue weighted by Crippen LogP contribution is 2.22. The van der Waals surface area contributed by atoms with Crippen molar-refractivity contribution in [3.8, 4) is 11.5 Å². The SMILES string of the molecule is CCC(Oc1ccccc1)C(=O)NCCOc1ccc(S(=O)(=O)N2CCCCC2)cc1. The Morgan fingerprint density at radius 3 is 2.32 bits per heavy atom. The van der Waals surface area contributed by atoms with Crippen molar-refractivity contribution in [3.63, 3.8) is 0 Å². The third kappa shape index (κ3) is 6.45. The summed E-state index contributed by atoms with van der Waals surface area (Å²) in [5, 5.41) is 2.81. The van der Waals surface area contributed by atoms with E-state index in [0.29, 0.717) is 37.6 Å². The van der Waals surface area contributed by atoms with Crippen molar-refractivity contribution in [3.05, 3.63) is 54.6 Å². The van der Waals surface area contributed by atoms with Gasteiger partial charge >= 0.3 is 0 Å². The summed E-state index contributed by atoms with van der Waals surface area (Å²) in [4.78, 5) is 12.6. The number of hydrogen-bond acceptors (Lipinski definition) is 5. The van der Waals surface area contributed by atoms with Gasteiger partial charge in [-0.25, -0.2) is 8.42 Å². The van der Waals surface area contributed by atoms with Crippen LogP contribution in [0.1, 0.15) is 32.6 Å². The molecular formula is C23H30N2O5S. The van der Waals surface area contributed by atoms with Crippen LogP contribution in [0.5, 0.6) is 11.5 Å². The number of rotatable bonds is 10. The van der Waals surface area contributed by atoms with E-state index in [9.17, 15) is 13.2 Å². The van der Waals surface area contributed by atoms with Crippen LogP contribution in [0.15, 0.2) is 59.5 Å². The van der Waals surface area contributed by atoms with Gasteiger partial charge in [0.2, 0.25) is 10.0 Å². The van der Waals surface area contributed by atoms with Gasteiger partial charge in [0.05, 0.1) is 11.4 Å². The highest BCUT2D eigenvalue weighted by molar-refractivity contribution is 7.89. The van der Waals surface area contributed by atoms with Crippen molar-refractivity contribution in [2.75, 3.05) is 26.2 Å². The van der Waals surface area contributed by atoms with Crippen LogP contribution in [0.3, 0.4) is 0 Å². The Kier molecular flexibility index (Phi) is 8.31. The van der Waals surface area contributed by atoms with Crippen LogP contribution in [0, 0.1) is 0 Å². The molecule has 1 saturated heterocycles. The fraction of sp³-hybridized carbons (Fsp3) is 0.435. The number of amides is 1. The van der Waals surface area contributed by atoms with Crippen LogP contribution in [0.25, 0.3) is 0 Å². The van der Waals surface area contributed by atoms with Gasteiger partial charge in [-0.05, 0) is 55.7 Å². The highest BCUT2D eigenvalue weighted by atomic mass is 32.2. The average molecular weight is 447 g/mol. The first kappa shape index (κ1) is 23.1. The van der Waals surface area contributed by atoms with Crippen molar-refractivity contribution in [2.45, 2.75) is 43.6 Å². The minimum Gasteiger partial charge on any atom is -0.492 e. The minimum atomic E-state index is -3.45. The second kappa shape index (κ2) is 11.2. The molecule has 3 rings (SSSR count). The maximum absolute atomic E-state index is 12.7. The van der Waals surface area contributed by atoms with Crippen molar-refractivity contribution in [1.82, 2.24) is 9.62 Å². The van der Waals surface area contributed by atoms with Gasteiger partial charge in [0, 0.05) is 13.1 Å². The molecule has 7 nitrogen and oxygen atoms in total. The van der Waals surface area contributed by atoms with E-state index in [0.717, 1.165) is 19.3 Å². The first-order chi connectivity index (χ1) is 15.0. The number of sulfonamides is 1. The van der Waals surface area contributed by atoms with Crippen LogP contribution in [-0.2, 0) is 14.8 Å². The molecule has 0 saturated carbocycles. The Bertz CT molecular complexity index is 926. The molecule has 1 heterocycles. The summed E-state index contributed by atoms with van der Waals surface area (Å²) in [6.45, 7) is 3.64. The standard InChI is InChI=1S/C23H30N2O5S/c1-2-22(30-20-9-5-3-6-10-20)23(26)24-15-18-29-19-11-13-21(14-12-19)31(27,28)25-16-7-4-8-17-25/h3,5-6,9-14,22H,2,4,7-8,15-18H2,1H3,(H,24,26). The second-order valence-corrected chi connectivity index (χ2v) is 9.34. The fourth-order valence-corrected chi connectivity index (χ4v) is 4.92. The molecule has 1 aliphatic rings. The molecular weight excluding hydrogens is 416 g/mol. The van der Waals surface area contributed by atoms with Gasteiger partial charge in [-0.15, -0.1) is 0 Å². The molecule has 0 spiro atoms. The van der Waals surface area contributed by atoms with Crippen LogP contribution in [-0.4, -0.2) is 51.0 Å². The zero-order valence-electron chi connectivity index (χ0n) is 17.8. The van der Waals surface area contributed by atoms with E-state index in [1.54, 1.807) is 28.6 Å². The molecule has 2 aromatic carbocycles. The van der Waals surface area contributed by atoms with Crippen LogP contribution in [0.4, 0.5) is 0 Å². The molecule has 0 aromatic heterocycles. The number of nitrogens with one attached hydrogen (secondary N) is 1. The Morgan fingerprint density at radius 2 is 1.68 bits per heavy atom. The van der Waals surface area contributed by atoms with E-state index in [4.69, 9.17) is 9.47 Å². The normalized spacial score (nSPS) is 15.8. The summed E-state index contributed by atoms with van der Waals surface area (Å²) in [6.07, 6.45) is 2.87. The Morgan fingerprint density at radius 1 is 1.00 bits per heavy atom. The topological polar surface area (TPSA) is 84.9 Å². The highest BCUT2D eigenvalue weighted by Gasteiger charge is 2.25. The zero-order valence-corrected chi connectivity index (χ0v) is 18.6. The van der Waals surface area contributed by atoms with E-state index in [1.165, 1.54) is 0 Å². The monoisotopic (exact) mass is 446 g/mol. The molecule has 1 fully saturated rings. The number of para-hydroxylation sites is 1. The van der Waals surface area contributed by atoms with E-state index >= 15 is 0 Å². The predicted molar refractivity (Wildman–Crippen MR) is 119 cm³/mol. The molecule has 2 aromatic rings. The lowest BCUT2D eigenvalue weighted by Crippen LogP contribution is -2.39. The van der Waals surface area contributed by atoms with Crippen molar-refractivity contribution in [2.24, 2.45) is 0 Å². The molecule has 31 heavy (non-hydrogen) atoms. The third-order valence-electron chi connectivity index (χ3n) is 5.13. The van der Waals surface area contributed by atoms with Gasteiger partial charge in [-0.1, -0.05) is 31.5 Å². The lowest BCUT2D eigenvalue weighted by atomic mass is 10.2. The Hall–Kier alpha value is -2.58. The Balaban J connectivity index is 1.44. The number of nitrogens with zero attached hydrogens (tertiary/aromatic N) is 1. The molecule has 0 aliphatic carbocycles. The fourth-order valence-electron chi connectivity index (χ4n) is 3.40. The van der Waals surface area contributed by atoms with E-state index in [-0.39, 0.29) is 17.4 Å². The lowest BCUT2D eigenvalue weighted by Gasteiger charge is -2.25. The number of piperidine rings is 1. The van der Waals surface area contributed by atoms with Gasteiger partial charge in [0.1, 0.15) is 18.1 Å². The van der Waals surface area contributed by atoms with Crippen molar-refractivity contribution >= 4 is 15.9 Å². The maximum Gasteiger partial charge on any atom is 0.261 e. The van der Waals surface area contributed by atoms with E-state index in [2.05, 4.69) is 5.32 Å². The summed E-state index contributed by atoms with van der Waals surface area (Å²) in [6, 6.07) is 15.7. The predicted octanol–water partition coefficient (Wildman–Crippen LogP) is 3.21. The van der Waals surface area contributed by atoms with E-state index < -0.39 is 16.1 Å². The van der Waals surface area contributed by atoms with Crippen LogP contribution < -0.4 is 14.8 Å². The second-order valence-electron chi connectivity index (χ2n) is 7.40. The molecule has 1 unspecified atom stereocenters. The lowest BCUT2D eigenvalue weighted by molar-refractivity contribution is -0.128. The average Bonchev–Trinajstić information content (AvgIpc) is 2.81. The molecule has 1 atom stereocenters. The molecule has 1 amide bonds. The molecule has 8 heteroatoms. The third-order valence-corrected chi connectivity index (χ3v) is 7.04. The molecule has 0 radical (unpaired) electrons. The zero-order chi connectivity index (χ0) is 22.1. The largest absolute Gasteiger partial charge is 0.492 e. The summed E-state index contributed by atoms with van der Waals surface area (Å²) in [7, 11) is -3.45. The first-order valence-corrected chi connectivity index (χ1v) is 12.2. The number of benzene rings is 2. The molecule has 0 bridgehead atoms. The van der Waals surface area contributed by atoms with E-state index in [1.807, 2.05) is 37.3 Å². The van der Waals surface area contributed by atoms with Crippen molar-refractivity contribution < 1.29 is 22.7 Å². The van der Waals surface area contributed by atoms with Gasteiger partial charge < -0.3 is 14.8 Å². The molecule has 1 aliphatic heterocycles.